The summed E-state index contributed by atoms with van der Waals surface area (Å²) in [5.41, 5.74) is 8.49. The summed E-state index contributed by atoms with van der Waals surface area (Å²) in [6, 6.07) is 7.98. The van der Waals surface area contributed by atoms with Gasteiger partial charge < -0.3 is 15.8 Å². The third-order valence-electron chi connectivity index (χ3n) is 3.79. The Morgan fingerprint density at radius 1 is 1.36 bits per heavy atom. The highest BCUT2D eigenvalue weighted by Crippen LogP contribution is 2.39. The first-order valence-corrected chi connectivity index (χ1v) is 7.77. The average molecular weight is 298 g/mol. The summed E-state index contributed by atoms with van der Waals surface area (Å²) in [5, 5.41) is 3.39. The van der Waals surface area contributed by atoms with E-state index < -0.39 is 0 Å². The highest BCUT2D eigenvalue weighted by molar-refractivity contribution is 5.74. The number of nitrogens with zero attached hydrogens (tertiary/aromatic N) is 2. The van der Waals surface area contributed by atoms with Gasteiger partial charge in [-0.05, 0) is 37.9 Å². The van der Waals surface area contributed by atoms with E-state index in [1.165, 1.54) is 12.8 Å². The molecule has 2 aromatic rings. The first-order valence-electron chi connectivity index (χ1n) is 7.77. The van der Waals surface area contributed by atoms with Crippen molar-refractivity contribution in [3.63, 3.8) is 0 Å². The van der Waals surface area contributed by atoms with Crippen LogP contribution in [0, 0.1) is 0 Å². The minimum atomic E-state index is 0.530. The fourth-order valence-electron chi connectivity index (χ4n) is 2.38. The highest BCUT2D eigenvalue weighted by atomic mass is 16.5. The lowest BCUT2D eigenvalue weighted by Gasteiger charge is -2.13. The summed E-state index contributed by atoms with van der Waals surface area (Å²) in [4.78, 5) is 9.31. The summed E-state index contributed by atoms with van der Waals surface area (Å²) in [7, 11) is 1.68. The normalized spacial score (nSPS) is 13.9. The lowest BCUT2D eigenvalue weighted by atomic mass is 10.1. The SMILES string of the molecule is COc1cccc(-c2nc(C3CC3)ncc2NCCCN)c1. The molecule has 0 spiro atoms. The molecule has 1 aromatic heterocycles. The van der Waals surface area contributed by atoms with E-state index in [-0.39, 0.29) is 0 Å². The zero-order valence-corrected chi connectivity index (χ0v) is 12.9. The topological polar surface area (TPSA) is 73.1 Å². The molecule has 0 unspecified atom stereocenters. The molecule has 1 fully saturated rings. The van der Waals surface area contributed by atoms with Crippen LogP contribution in [0.3, 0.4) is 0 Å². The summed E-state index contributed by atoms with van der Waals surface area (Å²) in [6.07, 6.45) is 5.20. The van der Waals surface area contributed by atoms with Gasteiger partial charge in [-0.2, -0.15) is 0 Å². The fraction of sp³-hybridized carbons (Fsp3) is 0.412. The van der Waals surface area contributed by atoms with Gasteiger partial charge in [-0.1, -0.05) is 12.1 Å². The number of nitrogens with one attached hydrogen (secondary N) is 1. The number of ether oxygens (including phenoxy) is 1. The molecular formula is C17H22N4O. The van der Waals surface area contributed by atoms with Crippen LogP contribution in [-0.2, 0) is 0 Å². The van der Waals surface area contributed by atoms with Gasteiger partial charge in [0, 0.05) is 18.0 Å². The molecule has 0 radical (unpaired) electrons. The van der Waals surface area contributed by atoms with E-state index in [4.69, 9.17) is 15.5 Å². The average Bonchev–Trinajstić information content (AvgIpc) is 3.40. The molecule has 1 heterocycles. The Morgan fingerprint density at radius 2 is 2.23 bits per heavy atom. The Kier molecular flexibility index (Phi) is 4.53. The van der Waals surface area contributed by atoms with Crippen molar-refractivity contribution < 1.29 is 4.74 Å². The number of benzene rings is 1. The lowest BCUT2D eigenvalue weighted by molar-refractivity contribution is 0.415. The van der Waals surface area contributed by atoms with Gasteiger partial charge >= 0.3 is 0 Å². The number of nitrogens with two attached hydrogens (primary N) is 1. The van der Waals surface area contributed by atoms with E-state index in [2.05, 4.69) is 16.4 Å². The summed E-state index contributed by atoms with van der Waals surface area (Å²) in [6.45, 7) is 1.49. The first-order chi connectivity index (χ1) is 10.8. The number of aromatic nitrogens is 2. The van der Waals surface area contributed by atoms with Crippen molar-refractivity contribution in [1.82, 2.24) is 9.97 Å². The molecule has 116 valence electrons. The van der Waals surface area contributed by atoms with Crippen molar-refractivity contribution in [2.24, 2.45) is 5.73 Å². The third kappa shape index (κ3) is 3.36. The van der Waals surface area contributed by atoms with Crippen LogP contribution in [0.25, 0.3) is 11.3 Å². The second-order valence-electron chi connectivity index (χ2n) is 5.57. The van der Waals surface area contributed by atoms with E-state index in [1.807, 2.05) is 24.4 Å². The van der Waals surface area contributed by atoms with Crippen molar-refractivity contribution >= 4 is 5.69 Å². The van der Waals surface area contributed by atoms with E-state index in [0.717, 1.165) is 41.5 Å². The van der Waals surface area contributed by atoms with Gasteiger partial charge in [-0.3, -0.25) is 0 Å². The maximum absolute atomic E-state index is 5.56. The molecule has 1 aliphatic rings. The minimum Gasteiger partial charge on any atom is -0.497 e. The Balaban J connectivity index is 1.95. The summed E-state index contributed by atoms with van der Waals surface area (Å²) >= 11 is 0. The van der Waals surface area contributed by atoms with Crippen LogP contribution in [-0.4, -0.2) is 30.2 Å². The summed E-state index contributed by atoms with van der Waals surface area (Å²) in [5.74, 6) is 2.31. The Labute approximate surface area is 130 Å². The monoisotopic (exact) mass is 298 g/mol. The molecule has 0 aliphatic heterocycles. The van der Waals surface area contributed by atoms with Crippen LogP contribution in [0.5, 0.6) is 5.75 Å². The Morgan fingerprint density at radius 3 is 2.95 bits per heavy atom. The van der Waals surface area contributed by atoms with Crippen LogP contribution in [0.1, 0.15) is 31.0 Å². The van der Waals surface area contributed by atoms with Gasteiger partial charge in [-0.15, -0.1) is 0 Å². The molecule has 1 aromatic carbocycles. The molecule has 22 heavy (non-hydrogen) atoms. The van der Waals surface area contributed by atoms with Gasteiger partial charge in [0.15, 0.2) is 0 Å². The lowest BCUT2D eigenvalue weighted by Crippen LogP contribution is -2.10. The number of rotatable bonds is 7. The van der Waals surface area contributed by atoms with Crippen LogP contribution in [0.2, 0.25) is 0 Å². The Hall–Kier alpha value is -2.14. The second-order valence-corrected chi connectivity index (χ2v) is 5.57. The van der Waals surface area contributed by atoms with E-state index in [9.17, 15) is 0 Å². The molecule has 0 saturated heterocycles. The molecular weight excluding hydrogens is 276 g/mol. The Bertz CT molecular complexity index is 640. The van der Waals surface area contributed by atoms with E-state index in [0.29, 0.717) is 12.5 Å². The van der Waals surface area contributed by atoms with Crippen molar-refractivity contribution in [1.29, 1.82) is 0 Å². The zero-order chi connectivity index (χ0) is 15.4. The van der Waals surface area contributed by atoms with Crippen molar-refractivity contribution in [2.75, 3.05) is 25.5 Å². The minimum absolute atomic E-state index is 0.530. The summed E-state index contributed by atoms with van der Waals surface area (Å²) < 4.78 is 5.32. The molecule has 0 atom stereocenters. The van der Waals surface area contributed by atoms with Crippen molar-refractivity contribution in [3.8, 4) is 17.0 Å². The number of methoxy groups -OCH3 is 1. The van der Waals surface area contributed by atoms with Gasteiger partial charge in [-0.25, -0.2) is 9.97 Å². The van der Waals surface area contributed by atoms with E-state index >= 15 is 0 Å². The van der Waals surface area contributed by atoms with Gasteiger partial charge in [0.1, 0.15) is 11.6 Å². The standard InChI is InChI=1S/C17H22N4O/c1-22-14-5-2-4-13(10-14)16-15(19-9-3-8-18)11-20-17(21-16)12-6-7-12/h2,4-5,10-12,19H,3,6-9,18H2,1H3. The maximum Gasteiger partial charge on any atom is 0.132 e. The maximum atomic E-state index is 5.56. The fourth-order valence-corrected chi connectivity index (χ4v) is 2.38. The first kappa shape index (κ1) is 14.8. The predicted octanol–water partition coefficient (Wildman–Crippen LogP) is 2.79. The zero-order valence-electron chi connectivity index (χ0n) is 12.9. The smallest absolute Gasteiger partial charge is 0.132 e. The second kappa shape index (κ2) is 6.75. The molecule has 0 amide bonds. The molecule has 3 N–H and O–H groups in total. The molecule has 1 saturated carbocycles. The number of hydrogen-bond acceptors (Lipinski definition) is 5. The number of hydrogen-bond donors (Lipinski definition) is 2. The van der Waals surface area contributed by atoms with Gasteiger partial charge in [0.05, 0.1) is 24.7 Å². The third-order valence-corrected chi connectivity index (χ3v) is 3.79. The van der Waals surface area contributed by atoms with Gasteiger partial charge in [0.25, 0.3) is 0 Å². The quantitative estimate of drug-likeness (QED) is 0.769. The van der Waals surface area contributed by atoms with Crippen LogP contribution >= 0.6 is 0 Å². The van der Waals surface area contributed by atoms with Gasteiger partial charge in [0.2, 0.25) is 0 Å². The molecule has 3 rings (SSSR count). The molecule has 0 bridgehead atoms. The largest absolute Gasteiger partial charge is 0.497 e. The number of anilines is 1. The van der Waals surface area contributed by atoms with Crippen molar-refractivity contribution in [3.05, 3.63) is 36.3 Å². The van der Waals surface area contributed by atoms with Crippen molar-refractivity contribution in [2.45, 2.75) is 25.2 Å². The predicted molar refractivity (Wildman–Crippen MR) is 88.2 cm³/mol. The molecule has 5 nitrogen and oxygen atoms in total. The molecule has 5 heteroatoms. The molecule has 1 aliphatic carbocycles. The highest BCUT2D eigenvalue weighted by Gasteiger charge is 2.27. The van der Waals surface area contributed by atoms with E-state index in [1.54, 1.807) is 7.11 Å². The van der Waals surface area contributed by atoms with Crippen LogP contribution < -0.4 is 15.8 Å². The van der Waals surface area contributed by atoms with Crippen LogP contribution in [0.15, 0.2) is 30.5 Å². The van der Waals surface area contributed by atoms with Crippen LogP contribution in [0.4, 0.5) is 5.69 Å².